The summed E-state index contributed by atoms with van der Waals surface area (Å²) >= 11 is 26.3. The van der Waals surface area contributed by atoms with Crippen LogP contribution in [0, 0.1) is 0 Å². The standard InChI is InChI=1S/C36H26Cl4N2O5S/c1-3-46-35(44)30-31(22-7-5-4-6-8-22)41-36-42(32(30)23-10-12-24(37)13-11-23)34(43)29(48-36)18-21-16-27(40)33(28(17-21)45-2)47-19-20-9-14-25(38)26(39)15-20/h4-18,32H,3,19H2,1-2H3/b29-18-/t32-/m1/s1. The van der Waals surface area contributed by atoms with Crippen molar-refractivity contribution in [3.8, 4) is 11.5 Å². The highest BCUT2D eigenvalue weighted by Crippen LogP contribution is 2.38. The Morgan fingerprint density at radius 3 is 2.38 bits per heavy atom. The minimum atomic E-state index is -0.829. The van der Waals surface area contributed by atoms with E-state index in [2.05, 4.69) is 0 Å². The van der Waals surface area contributed by atoms with E-state index in [4.69, 9.17) is 65.6 Å². The van der Waals surface area contributed by atoms with E-state index in [1.807, 2.05) is 30.3 Å². The molecular formula is C36H26Cl4N2O5S. The number of carbonyl (C=O) groups excluding carboxylic acids is 1. The zero-order valence-electron chi connectivity index (χ0n) is 25.5. The second-order valence-corrected chi connectivity index (χ2v) is 13.2. The van der Waals surface area contributed by atoms with Crippen molar-refractivity contribution in [3.05, 3.63) is 153 Å². The van der Waals surface area contributed by atoms with Crippen LogP contribution in [-0.4, -0.2) is 24.3 Å². The number of ether oxygens (including phenoxy) is 3. The maximum Gasteiger partial charge on any atom is 0.338 e. The summed E-state index contributed by atoms with van der Waals surface area (Å²) in [5, 5.41) is 1.66. The molecular weight excluding hydrogens is 714 g/mol. The molecule has 0 unspecified atom stereocenters. The second-order valence-electron chi connectivity index (χ2n) is 10.6. The van der Waals surface area contributed by atoms with Gasteiger partial charge in [0.05, 0.1) is 50.6 Å². The van der Waals surface area contributed by atoms with Crippen molar-refractivity contribution < 1.29 is 19.0 Å². The van der Waals surface area contributed by atoms with Gasteiger partial charge in [-0.2, -0.15) is 0 Å². The quantitative estimate of drug-likeness (QED) is 0.143. The molecule has 1 aliphatic rings. The molecule has 0 radical (unpaired) electrons. The SMILES string of the molecule is CCOC(=O)C1=C(c2ccccc2)N=c2s/c(=C\c3cc(Cl)c(OCc4ccc(Cl)c(Cl)c4)c(OC)c3)c(=O)n2[C@@H]1c1ccc(Cl)cc1. The van der Waals surface area contributed by atoms with Crippen molar-refractivity contribution in [2.75, 3.05) is 13.7 Å². The molecule has 0 N–H and O–H groups in total. The van der Waals surface area contributed by atoms with Crippen LogP contribution in [0.5, 0.6) is 11.5 Å². The van der Waals surface area contributed by atoms with Crippen molar-refractivity contribution in [3.63, 3.8) is 0 Å². The Morgan fingerprint density at radius 1 is 0.938 bits per heavy atom. The Morgan fingerprint density at radius 2 is 1.69 bits per heavy atom. The Labute approximate surface area is 299 Å². The molecule has 0 bridgehead atoms. The fourth-order valence-corrected chi connectivity index (χ4v) is 7.02. The van der Waals surface area contributed by atoms with Gasteiger partial charge in [-0.3, -0.25) is 9.36 Å². The molecule has 48 heavy (non-hydrogen) atoms. The van der Waals surface area contributed by atoms with Crippen LogP contribution in [0.15, 0.2) is 100 Å². The monoisotopic (exact) mass is 738 g/mol. The first-order valence-electron chi connectivity index (χ1n) is 14.7. The lowest BCUT2D eigenvalue weighted by Crippen LogP contribution is -2.40. The molecule has 0 amide bonds. The topological polar surface area (TPSA) is 79.1 Å². The summed E-state index contributed by atoms with van der Waals surface area (Å²) in [6.07, 6.45) is 1.70. The number of rotatable bonds is 9. The highest BCUT2D eigenvalue weighted by atomic mass is 35.5. The minimum Gasteiger partial charge on any atom is -0.493 e. The van der Waals surface area contributed by atoms with Crippen LogP contribution in [0.4, 0.5) is 0 Å². The molecule has 0 saturated carbocycles. The zero-order valence-corrected chi connectivity index (χ0v) is 29.3. The number of hydrogen-bond donors (Lipinski definition) is 0. The molecule has 0 spiro atoms. The molecule has 1 aromatic heterocycles. The van der Waals surface area contributed by atoms with Gasteiger partial charge in [-0.25, -0.2) is 9.79 Å². The van der Waals surface area contributed by atoms with Gasteiger partial charge in [0.15, 0.2) is 16.3 Å². The van der Waals surface area contributed by atoms with E-state index in [9.17, 15) is 9.59 Å². The third kappa shape index (κ3) is 6.90. The lowest BCUT2D eigenvalue weighted by molar-refractivity contribution is -0.138. The fraction of sp³-hybridized carbons (Fsp3) is 0.139. The van der Waals surface area contributed by atoms with Crippen LogP contribution in [0.3, 0.4) is 0 Å². The molecule has 7 nitrogen and oxygen atoms in total. The zero-order chi connectivity index (χ0) is 33.9. The molecule has 12 heteroatoms. The van der Waals surface area contributed by atoms with Gasteiger partial charge >= 0.3 is 5.97 Å². The van der Waals surface area contributed by atoms with Gasteiger partial charge < -0.3 is 14.2 Å². The molecule has 1 aliphatic heterocycles. The summed E-state index contributed by atoms with van der Waals surface area (Å²) in [6, 6.07) is 24.1. The highest BCUT2D eigenvalue weighted by molar-refractivity contribution is 7.07. The van der Waals surface area contributed by atoms with Crippen molar-refractivity contribution in [2.45, 2.75) is 19.6 Å². The fourth-order valence-electron chi connectivity index (χ4n) is 5.30. The number of aromatic nitrogens is 1. The average molecular weight is 740 g/mol. The largest absolute Gasteiger partial charge is 0.493 e. The van der Waals surface area contributed by atoms with Crippen molar-refractivity contribution in [1.82, 2.24) is 4.57 Å². The van der Waals surface area contributed by atoms with Crippen LogP contribution in [0.2, 0.25) is 20.1 Å². The van der Waals surface area contributed by atoms with E-state index in [-0.39, 0.29) is 29.4 Å². The van der Waals surface area contributed by atoms with E-state index in [1.54, 1.807) is 67.6 Å². The van der Waals surface area contributed by atoms with Gasteiger partial charge in [0.1, 0.15) is 6.61 Å². The number of hydrogen-bond acceptors (Lipinski definition) is 7. The average Bonchev–Trinajstić information content (AvgIpc) is 3.39. The Hall–Kier alpha value is -4.05. The number of halogens is 4. The Balaban J connectivity index is 1.47. The number of methoxy groups -OCH3 is 1. The van der Waals surface area contributed by atoms with Crippen LogP contribution < -0.4 is 24.4 Å². The molecule has 5 aromatic rings. The lowest BCUT2D eigenvalue weighted by Gasteiger charge is -2.25. The summed E-state index contributed by atoms with van der Waals surface area (Å²) in [7, 11) is 1.50. The van der Waals surface area contributed by atoms with E-state index in [1.165, 1.54) is 23.0 Å². The number of fused-ring (bicyclic) bond motifs is 1. The highest BCUT2D eigenvalue weighted by Gasteiger charge is 2.35. The van der Waals surface area contributed by atoms with Crippen LogP contribution >= 0.6 is 57.7 Å². The summed E-state index contributed by atoms with van der Waals surface area (Å²) < 4.78 is 19.0. The maximum absolute atomic E-state index is 14.2. The number of thiazole rings is 1. The minimum absolute atomic E-state index is 0.151. The number of nitrogens with zero attached hydrogens (tertiary/aromatic N) is 2. The molecule has 4 aromatic carbocycles. The number of carbonyl (C=O) groups is 1. The molecule has 244 valence electrons. The lowest BCUT2D eigenvalue weighted by atomic mass is 9.93. The van der Waals surface area contributed by atoms with Crippen molar-refractivity contribution >= 4 is 75.5 Å². The second kappa shape index (κ2) is 14.6. The maximum atomic E-state index is 14.2. The third-order valence-corrected chi connectivity index (χ3v) is 9.73. The van der Waals surface area contributed by atoms with Gasteiger partial charge in [-0.1, -0.05) is 106 Å². The van der Waals surface area contributed by atoms with Crippen LogP contribution in [0.1, 0.15) is 35.2 Å². The van der Waals surface area contributed by atoms with E-state index in [0.717, 1.165) is 5.56 Å². The molecule has 0 aliphatic carbocycles. The van der Waals surface area contributed by atoms with E-state index >= 15 is 0 Å². The molecule has 0 saturated heterocycles. The first kappa shape index (κ1) is 33.8. The van der Waals surface area contributed by atoms with Gasteiger partial charge in [-0.05, 0) is 66.1 Å². The summed E-state index contributed by atoms with van der Waals surface area (Å²) in [6.45, 7) is 2.05. The van der Waals surface area contributed by atoms with Gasteiger partial charge in [0, 0.05) is 10.6 Å². The normalized spacial score (nSPS) is 14.4. The predicted molar refractivity (Wildman–Crippen MR) is 191 cm³/mol. The molecule has 1 atom stereocenters. The summed E-state index contributed by atoms with van der Waals surface area (Å²) in [5.41, 5.74) is 3.10. The molecule has 2 heterocycles. The van der Waals surface area contributed by atoms with Crippen molar-refractivity contribution in [2.24, 2.45) is 4.99 Å². The van der Waals surface area contributed by atoms with E-state index in [0.29, 0.717) is 58.3 Å². The van der Waals surface area contributed by atoms with E-state index < -0.39 is 12.0 Å². The molecule has 6 rings (SSSR count). The van der Waals surface area contributed by atoms with Crippen LogP contribution in [-0.2, 0) is 16.1 Å². The number of benzene rings is 4. The predicted octanol–water partition coefficient (Wildman–Crippen LogP) is 8.14. The molecule has 0 fully saturated rings. The first-order valence-corrected chi connectivity index (χ1v) is 17.0. The smallest absolute Gasteiger partial charge is 0.338 e. The Kier molecular flexibility index (Phi) is 10.3. The summed E-state index contributed by atoms with van der Waals surface area (Å²) in [4.78, 5) is 33.1. The van der Waals surface area contributed by atoms with Crippen molar-refractivity contribution in [1.29, 1.82) is 0 Å². The van der Waals surface area contributed by atoms with Gasteiger partial charge in [0.2, 0.25) is 0 Å². The first-order chi connectivity index (χ1) is 23.2. The van der Waals surface area contributed by atoms with Crippen LogP contribution in [0.25, 0.3) is 11.8 Å². The Bertz CT molecular complexity index is 2230. The van der Waals surface area contributed by atoms with Gasteiger partial charge in [0.25, 0.3) is 5.56 Å². The number of esters is 1. The summed E-state index contributed by atoms with van der Waals surface area (Å²) in [5.74, 6) is 0.136. The van der Waals surface area contributed by atoms with Gasteiger partial charge in [-0.15, -0.1) is 0 Å². The third-order valence-electron chi connectivity index (χ3n) is 7.48.